The molecule has 1 aliphatic rings. The molecule has 2 heteroatoms. The molecular formula is C14H30N2. The lowest BCUT2D eigenvalue weighted by molar-refractivity contribution is 0.156. The minimum Gasteiger partial charge on any atom is -0.313 e. The number of hydrogen-bond donors (Lipinski definition) is 1. The fourth-order valence-corrected chi connectivity index (χ4v) is 2.97. The fraction of sp³-hybridized carbons (Fsp3) is 1.00. The Bertz CT molecular complexity index is 178. The predicted molar refractivity (Wildman–Crippen MR) is 71.8 cm³/mol. The van der Waals surface area contributed by atoms with Gasteiger partial charge in [-0.15, -0.1) is 0 Å². The maximum Gasteiger partial charge on any atom is 0.0110 e. The van der Waals surface area contributed by atoms with Crippen LogP contribution in [0.5, 0.6) is 0 Å². The smallest absolute Gasteiger partial charge is 0.0110 e. The molecule has 16 heavy (non-hydrogen) atoms. The molecule has 0 bridgehead atoms. The molecule has 1 aliphatic heterocycles. The summed E-state index contributed by atoms with van der Waals surface area (Å²) >= 11 is 0. The summed E-state index contributed by atoms with van der Waals surface area (Å²) in [5, 5.41) is 3.65. The zero-order chi connectivity index (χ0) is 12.0. The zero-order valence-electron chi connectivity index (χ0n) is 11.6. The molecule has 1 fully saturated rings. The van der Waals surface area contributed by atoms with Gasteiger partial charge in [-0.05, 0) is 32.2 Å². The zero-order valence-corrected chi connectivity index (χ0v) is 11.6. The van der Waals surface area contributed by atoms with Crippen molar-refractivity contribution < 1.29 is 0 Å². The van der Waals surface area contributed by atoms with Crippen molar-refractivity contribution in [2.24, 2.45) is 5.92 Å². The average Bonchev–Trinajstić information content (AvgIpc) is 2.55. The monoisotopic (exact) mass is 226 g/mol. The third kappa shape index (κ3) is 3.74. The van der Waals surface area contributed by atoms with Crippen LogP contribution in [0.2, 0.25) is 0 Å². The van der Waals surface area contributed by atoms with Crippen LogP contribution < -0.4 is 5.32 Å². The molecule has 1 rings (SSSR count). The Labute approximate surface area is 102 Å². The molecule has 0 amide bonds. The van der Waals surface area contributed by atoms with Gasteiger partial charge in [0.1, 0.15) is 0 Å². The minimum atomic E-state index is 0.749. The highest BCUT2D eigenvalue weighted by atomic mass is 15.2. The summed E-state index contributed by atoms with van der Waals surface area (Å²) in [6, 6.07) is 1.51. The van der Waals surface area contributed by atoms with Crippen molar-refractivity contribution in [1.82, 2.24) is 10.2 Å². The van der Waals surface area contributed by atoms with E-state index in [4.69, 9.17) is 0 Å². The van der Waals surface area contributed by atoms with Crippen LogP contribution >= 0.6 is 0 Å². The first-order valence-electron chi connectivity index (χ1n) is 7.20. The number of hydrogen-bond acceptors (Lipinski definition) is 2. The summed E-state index contributed by atoms with van der Waals surface area (Å²) in [6.45, 7) is 13.0. The second kappa shape index (κ2) is 7.29. The second-order valence-corrected chi connectivity index (χ2v) is 5.20. The summed E-state index contributed by atoms with van der Waals surface area (Å²) in [6.07, 6.45) is 5.23. The maximum atomic E-state index is 3.65. The Balaban J connectivity index is 2.46. The van der Waals surface area contributed by atoms with Gasteiger partial charge in [0.25, 0.3) is 0 Å². The fourth-order valence-electron chi connectivity index (χ4n) is 2.97. The van der Waals surface area contributed by atoms with Crippen LogP contribution in [0.4, 0.5) is 0 Å². The quantitative estimate of drug-likeness (QED) is 0.775. The molecule has 2 nitrogen and oxygen atoms in total. The Morgan fingerprint density at radius 1 is 1.19 bits per heavy atom. The highest BCUT2D eigenvalue weighted by Crippen LogP contribution is 2.19. The van der Waals surface area contributed by atoms with Crippen molar-refractivity contribution in [1.29, 1.82) is 0 Å². The van der Waals surface area contributed by atoms with Gasteiger partial charge in [0, 0.05) is 25.2 Å². The molecule has 1 N–H and O–H groups in total. The van der Waals surface area contributed by atoms with Crippen LogP contribution in [0.25, 0.3) is 0 Å². The van der Waals surface area contributed by atoms with Crippen molar-refractivity contribution in [2.45, 2.75) is 65.5 Å². The van der Waals surface area contributed by atoms with Crippen LogP contribution in [-0.2, 0) is 0 Å². The predicted octanol–water partition coefficient (Wildman–Crippen LogP) is 2.89. The van der Waals surface area contributed by atoms with Crippen molar-refractivity contribution in [3.05, 3.63) is 0 Å². The van der Waals surface area contributed by atoms with Crippen LogP contribution in [0.15, 0.2) is 0 Å². The molecule has 0 aromatic rings. The minimum absolute atomic E-state index is 0.749. The summed E-state index contributed by atoms with van der Waals surface area (Å²) in [5.41, 5.74) is 0. The van der Waals surface area contributed by atoms with Gasteiger partial charge in [0.15, 0.2) is 0 Å². The number of nitrogens with zero attached hydrogens (tertiary/aromatic N) is 1. The lowest BCUT2D eigenvalue weighted by Crippen LogP contribution is -2.40. The summed E-state index contributed by atoms with van der Waals surface area (Å²) in [4.78, 5) is 2.69. The van der Waals surface area contributed by atoms with Crippen LogP contribution in [-0.4, -0.2) is 36.6 Å². The van der Waals surface area contributed by atoms with Gasteiger partial charge in [0.05, 0.1) is 0 Å². The van der Waals surface area contributed by atoms with E-state index in [0.717, 1.165) is 18.0 Å². The second-order valence-electron chi connectivity index (χ2n) is 5.20. The van der Waals surface area contributed by atoms with E-state index < -0.39 is 0 Å². The molecule has 0 saturated carbocycles. The molecule has 2 unspecified atom stereocenters. The van der Waals surface area contributed by atoms with Crippen LogP contribution in [0.1, 0.15) is 53.4 Å². The topological polar surface area (TPSA) is 15.3 Å². The summed E-state index contributed by atoms with van der Waals surface area (Å²) < 4.78 is 0. The third-order valence-corrected chi connectivity index (χ3v) is 4.40. The van der Waals surface area contributed by atoms with Crippen LogP contribution in [0.3, 0.4) is 0 Å². The molecule has 1 heterocycles. The van der Waals surface area contributed by atoms with Crippen molar-refractivity contribution in [2.75, 3.05) is 19.6 Å². The van der Waals surface area contributed by atoms with E-state index >= 15 is 0 Å². The Morgan fingerprint density at radius 2 is 1.88 bits per heavy atom. The maximum absolute atomic E-state index is 3.65. The summed E-state index contributed by atoms with van der Waals surface area (Å²) in [7, 11) is 0. The van der Waals surface area contributed by atoms with Gasteiger partial charge in [0.2, 0.25) is 0 Å². The van der Waals surface area contributed by atoms with Gasteiger partial charge in [-0.1, -0.05) is 33.6 Å². The van der Waals surface area contributed by atoms with E-state index in [1.807, 2.05) is 0 Å². The average molecular weight is 226 g/mol. The molecule has 0 radical (unpaired) electrons. The van der Waals surface area contributed by atoms with Gasteiger partial charge >= 0.3 is 0 Å². The van der Waals surface area contributed by atoms with Crippen molar-refractivity contribution in [3.8, 4) is 0 Å². The number of rotatable bonds is 5. The van der Waals surface area contributed by atoms with E-state index in [1.54, 1.807) is 0 Å². The highest BCUT2D eigenvalue weighted by molar-refractivity contribution is 4.80. The largest absolute Gasteiger partial charge is 0.313 e. The van der Waals surface area contributed by atoms with E-state index in [-0.39, 0.29) is 0 Å². The molecule has 0 aromatic heterocycles. The SMILES string of the molecule is CCC1CCN(C(C)C(CC)CC)CCN1. The molecule has 1 saturated heterocycles. The van der Waals surface area contributed by atoms with E-state index in [1.165, 1.54) is 45.3 Å². The van der Waals surface area contributed by atoms with Crippen molar-refractivity contribution in [3.63, 3.8) is 0 Å². The van der Waals surface area contributed by atoms with Gasteiger partial charge < -0.3 is 5.32 Å². The third-order valence-electron chi connectivity index (χ3n) is 4.40. The molecule has 0 spiro atoms. The van der Waals surface area contributed by atoms with Gasteiger partial charge in [-0.2, -0.15) is 0 Å². The molecule has 0 aliphatic carbocycles. The van der Waals surface area contributed by atoms with E-state index in [0.29, 0.717) is 0 Å². The first kappa shape index (κ1) is 14.0. The lowest BCUT2D eigenvalue weighted by atomic mass is 9.94. The van der Waals surface area contributed by atoms with E-state index in [9.17, 15) is 0 Å². The van der Waals surface area contributed by atoms with Gasteiger partial charge in [-0.3, -0.25) is 4.90 Å². The van der Waals surface area contributed by atoms with Gasteiger partial charge in [-0.25, -0.2) is 0 Å². The Kier molecular flexibility index (Phi) is 6.37. The number of nitrogens with one attached hydrogen (secondary N) is 1. The van der Waals surface area contributed by atoms with Crippen molar-refractivity contribution >= 4 is 0 Å². The molecule has 2 atom stereocenters. The molecule has 96 valence electrons. The summed E-state index contributed by atoms with van der Waals surface area (Å²) in [5.74, 6) is 0.873. The lowest BCUT2D eigenvalue weighted by Gasteiger charge is -2.33. The Hall–Kier alpha value is -0.0800. The van der Waals surface area contributed by atoms with Crippen LogP contribution in [0, 0.1) is 5.92 Å². The highest BCUT2D eigenvalue weighted by Gasteiger charge is 2.23. The molecular weight excluding hydrogens is 196 g/mol. The first-order chi connectivity index (χ1) is 7.72. The standard InChI is InChI=1S/C14H30N2/c1-5-13(6-2)12(4)16-10-8-14(7-3)15-9-11-16/h12-15H,5-11H2,1-4H3. The normalized spacial score (nSPS) is 25.7. The first-order valence-corrected chi connectivity index (χ1v) is 7.20. The molecule has 0 aromatic carbocycles. The van der Waals surface area contributed by atoms with E-state index in [2.05, 4.69) is 37.9 Å². The Morgan fingerprint density at radius 3 is 2.44 bits per heavy atom.